The predicted octanol–water partition coefficient (Wildman–Crippen LogP) is 4.22. The van der Waals surface area contributed by atoms with Gasteiger partial charge in [-0.05, 0) is 50.4 Å². The van der Waals surface area contributed by atoms with Crippen molar-refractivity contribution in [2.75, 3.05) is 6.54 Å². The average molecular weight is 295 g/mol. The molecule has 114 valence electrons. The smallest absolute Gasteiger partial charge is 0.314 e. The minimum absolute atomic E-state index is 0.0595. The highest BCUT2D eigenvalue weighted by atomic mass is 19.4. The Bertz CT molecular complexity index is 396. The van der Waals surface area contributed by atoms with Crippen LogP contribution in [0.15, 0.2) is 18.2 Å². The van der Waals surface area contributed by atoms with Gasteiger partial charge in [-0.1, -0.05) is 0 Å². The Morgan fingerprint density at radius 2 is 1.70 bits per heavy atom. The molecule has 0 aromatic heterocycles. The van der Waals surface area contributed by atoms with E-state index in [-0.39, 0.29) is 12.5 Å². The van der Waals surface area contributed by atoms with Gasteiger partial charge in [-0.15, -0.1) is 0 Å². The Morgan fingerprint density at radius 3 is 2.25 bits per heavy atom. The lowest BCUT2D eigenvalue weighted by atomic mass is 10.1. The third kappa shape index (κ3) is 7.43. The van der Waals surface area contributed by atoms with Crippen molar-refractivity contribution < 1.29 is 22.0 Å². The zero-order valence-electron chi connectivity index (χ0n) is 11.2. The number of halogens is 5. The van der Waals surface area contributed by atoms with E-state index in [1.54, 1.807) is 6.92 Å². The number of benzene rings is 1. The van der Waals surface area contributed by atoms with Crippen LogP contribution in [0.4, 0.5) is 22.0 Å². The fraction of sp³-hybridized carbons (Fsp3) is 0.571. The summed E-state index contributed by atoms with van der Waals surface area (Å²) in [5.41, 5.74) is 0.525. The summed E-state index contributed by atoms with van der Waals surface area (Å²) in [7, 11) is 0. The predicted molar refractivity (Wildman–Crippen MR) is 67.4 cm³/mol. The van der Waals surface area contributed by atoms with Gasteiger partial charge in [0.2, 0.25) is 0 Å². The lowest BCUT2D eigenvalue weighted by molar-refractivity contribution is -0.135. The zero-order valence-corrected chi connectivity index (χ0v) is 11.2. The Labute approximate surface area is 115 Å². The van der Waals surface area contributed by atoms with E-state index in [0.717, 1.165) is 6.07 Å². The first-order valence-corrected chi connectivity index (χ1v) is 6.51. The molecule has 1 nitrogen and oxygen atoms in total. The van der Waals surface area contributed by atoms with E-state index in [1.165, 1.54) is 12.1 Å². The van der Waals surface area contributed by atoms with E-state index in [9.17, 15) is 22.0 Å². The lowest BCUT2D eigenvalue weighted by Crippen LogP contribution is -2.28. The Hall–Kier alpha value is -1.17. The van der Waals surface area contributed by atoms with Gasteiger partial charge in [0.15, 0.2) is 0 Å². The molecule has 0 bridgehead atoms. The van der Waals surface area contributed by atoms with Crippen LogP contribution in [0.5, 0.6) is 0 Å². The first-order chi connectivity index (χ1) is 9.26. The summed E-state index contributed by atoms with van der Waals surface area (Å²) in [4.78, 5) is 0. The number of nitrogens with one attached hydrogen (secondary N) is 1. The second-order valence-corrected chi connectivity index (χ2v) is 4.89. The maximum Gasteiger partial charge on any atom is 0.389 e. The number of hydrogen-bond acceptors (Lipinski definition) is 1. The number of alkyl halides is 3. The van der Waals surface area contributed by atoms with Crippen molar-refractivity contribution in [3.8, 4) is 0 Å². The second kappa shape index (κ2) is 7.57. The minimum atomic E-state index is -4.11. The molecule has 0 aliphatic carbocycles. The standard InChI is InChI=1S/C14H18F5N/c1-10(3-2-5-14(17,18)19)20-6-4-11-7-12(15)9-13(16)8-11/h7-10,20H,2-6H2,1H3. The van der Waals surface area contributed by atoms with E-state index in [1.807, 2.05) is 0 Å². The van der Waals surface area contributed by atoms with Crippen LogP contribution in [0.3, 0.4) is 0 Å². The van der Waals surface area contributed by atoms with Gasteiger partial charge >= 0.3 is 6.18 Å². The van der Waals surface area contributed by atoms with Gasteiger partial charge in [0, 0.05) is 18.5 Å². The summed E-state index contributed by atoms with van der Waals surface area (Å²) in [6.07, 6.45) is -3.98. The maximum absolute atomic E-state index is 12.9. The molecular formula is C14H18F5N. The average Bonchev–Trinajstić information content (AvgIpc) is 2.25. The third-order valence-electron chi connectivity index (χ3n) is 2.93. The molecule has 0 radical (unpaired) electrons. The van der Waals surface area contributed by atoms with Crippen LogP contribution in [-0.2, 0) is 6.42 Å². The molecule has 6 heteroatoms. The first-order valence-electron chi connectivity index (χ1n) is 6.51. The largest absolute Gasteiger partial charge is 0.389 e. The van der Waals surface area contributed by atoms with Crippen LogP contribution < -0.4 is 5.32 Å². The molecule has 20 heavy (non-hydrogen) atoms. The highest BCUT2D eigenvalue weighted by Crippen LogP contribution is 2.22. The van der Waals surface area contributed by atoms with Crippen molar-refractivity contribution in [3.63, 3.8) is 0 Å². The van der Waals surface area contributed by atoms with Crippen LogP contribution in [0.1, 0.15) is 31.7 Å². The van der Waals surface area contributed by atoms with E-state index in [2.05, 4.69) is 5.32 Å². The summed E-state index contributed by atoms with van der Waals surface area (Å²) in [5, 5.41) is 3.04. The van der Waals surface area contributed by atoms with E-state index in [4.69, 9.17) is 0 Å². The van der Waals surface area contributed by atoms with Crippen molar-refractivity contribution in [3.05, 3.63) is 35.4 Å². The Morgan fingerprint density at radius 1 is 1.10 bits per heavy atom. The van der Waals surface area contributed by atoms with Crippen molar-refractivity contribution in [1.82, 2.24) is 5.32 Å². The van der Waals surface area contributed by atoms with E-state index < -0.39 is 24.2 Å². The lowest BCUT2D eigenvalue weighted by Gasteiger charge is -2.14. The highest BCUT2D eigenvalue weighted by Gasteiger charge is 2.26. The highest BCUT2D eigenvalue weighted by molar-refractivity contribution is 5.18. The quantitative estimate of drug-likeness (QED) is 0.743. The fourth-order valence-corrected chi connectivity index (χ4v) is 1.93. The molecule has 1 N–H and O–H groups in total. The van der Waals surface area contributed by atoms with Crippen LogP contribution in [-0.4, -0.2) is 18.8 Å². The molecule has 1 aromatic rings. The minimum Gasteiger partial charge on any atom is -0.314 e. The molecule has 0 aliphatic rings. The van der Waals surface area contributed by atoms with Gasteiger partial charge in [-0.3, -0.25) is 0 Å². The summed E-state index contributed by atoms with van der Waals surface area (Å²) in [5.74, 6) is -1.25. The van der Waals surface area contributed by atoms with Crippen molar-refractivity contribution >= 4 is 0 Å². The molecule has 0 amide bonds. The first kappa shape index (κ1) is 16.9. The number of rotatable bonds is 7. The second-order valence-electron chi connectivity index (χ2n) is 4.89. The van der Waals surface area contributed by atoms with Gasteiger partial charge in [-0.2, -0.15) is 13.2 Å². The van der Waals surface area contributed by atoms with Crippen molar-refractivity contribution in [2.45, 2.75) is 44.8 Å². The van der Waals surface area contributed by atoms with E-state index in [0.29, 0.717) is 24.9 Å². The fourth-order valence-electron chi connectivity index (χ4n) is 1.93. The third-order valence-corrected chi connectivity index (χ3v) is 2.93. The molecular weight excluding hydrogens is 277 g/mol. The van der Waals surface area contributed by atoms with Crippen molar-refractivity contribution in [2.24, 2.45) is 0 Å². The topological polar surface area (TPSA) is 12.0 Å². The SMILES string of the molecule is CC(CCCC(F)(F)F)NCCc1cc(F)cc(F)c1. The molecule has 0 fully saturated rings. The summed E-state index contributed by atoms with van der Waals surface area (Å²) in [6.45, 7) is 2.26. The van der Waals surface area contributed by atoms with Gasteiger partial charge in [-0.25, -0.2) is 8.78 Å². The maximum atomic E-state index is 12.9. The Balaban J connectivity index is 2.23. The van der Waals surface area contributed by atoms with Gasteiger partial charge in [0.25, 0.3) is 0 Å². The van der Waals surface area contributed by atoms with Crippen molar-refractivity contribution in [1.29, 1.82) is 0 Å². The van der Waals surface area contributed by atoms with E-state index >= 15 is 0 Å². The normalized spacial score (nSPS) is 13.5. The number of hydrogen-bond donors (Lipinski definition) is 1. The summed E-state index contributed by atoms with van der Waals surface area (Å²) >= 11 is 0. The van der Waals surface area contributed by atoms with Gasteiger partial charge in [0.05, 0.1) is 0 Å². The van der Waals surface area contributed by atoms with Crippen LogP contribution >= 0.6 is 0 Å². The summed E-state index contributed by atoms with van der Waals surface area (Å²) < 4.78 is 61.7. The molecule has 0 saturated carbocycles. The Kier molecular flexibility index (Phi) is 6.39. The van der Waals surface area contributed by atoms with Gasteiger partial charge < -0.3 is 5.32 Å². The molecule has 1 rings (SSSR count). The summed E-state index contributed by atoms with van der Waals surface area (Å²) in [6, 6.07) is 3.24. The molecule has 1 atom stereocenters. The van der Waals surface area contributed by atoms with Crippen LogP contribution in [0, 0.1) is 11.6 Å². The van der Waals surface area contributed by atoms with Gasteiger partial charge in [0.1, 0.15) is 11.6 Å². The van der Waals surface area contributed by atoms with Crippen LogP contribution in [0.2, 0.25) is 0 Å². The van der Waals surface area contributed by atoms with Crippen LogP contribution in [0.25, 0.3) is 0 Å². The molecule has 0 aliphatic heterocycles. The molecule has 1 aromatic carbocycles. The monoisotopic (exact) mass is 295 g/mol. The molecule has 0 spiro atoms. The zero-order chi connectivity index (χ0) is 15.2. The molecule has 1 unspecified atom stereocenters. The molecule has 0 saturated heterocycles. The molecule has 0 heterocycles.